The Hall–Kier alpha value is -1.34. The molecule has 1 saturated heterocycles. The summed E-state index contributed by atoms with van der Waals surface area (Å²) in [5.74, 6) is 0. The standard InChI is InChI=1S/C9H17NO3.C3H7NO2/c1-9(2,3)13-8(11)10-4-6-12-7-5-10;1-4(3-5)6-2/h4-7H2,1-3H3;3H,1-2H3. The van der Waals surface area contributed by atoms with Crippen LogP contribution < -0.4 is 0 Å². The molecule has 7 heteroatoms. The smallest absolute Gasteiger partial charge is 0.410 e. The third kappa shape index (κ3) is 9.26. The van der Waals surface area contributed by atoms with Gasteiger partial charge >= 0.3 is 6.09 Å². The first kappa shape index (κ1) is 17.7. The van der Waals surface area contributed by atoms with E-state index in [1.807, 2.05) is 20.8 Å². The number of hydrogen-bond donors (Lipinski definition) is 0. The highest BCUT2D eigenvalue weighted by Crippen LogP contribution is 2.10. The van der Waals surface area contributed by atoms with Crippen molar-refractivity contribution in [3.05, 3.63) is 0 Å². The molecule has 0 radical (unpaired) electrons. The van der Waals surface area contributed by atoms with Crippen molar-refractivity contribution >= 4 is 12.5 Å². The van der Waals surface area contributed by atoms with E-state index in [9.17, 15) is 9.59 Å². The summed E-state index contributed by atoms with van der Waals surface area (Å²) in [6, 6.07) is 0. The maximum atomic E-state index is 11.5. The van der Waals surface area contributed by atoms with E-state index in [1.165, 1.54) is 14.2 Å². The highest BCUT2D eigenvalue weighted by Gasteiger charge is 2.23. The van der Waals surface area contributed by atoms with E-state index in [2.05, 4.69) is 4.84 Å². The second-order valence-corrected chi connectivity index (χ2v) is 4.91. The van der Waals surface area contributed by atoms with Gasteiger partial charge in [-0.05, 0) is 20.8 Å². The van der Waals surface area contributed by atoms with E-state index in [1.54, 1.807) is 4.90 Å². The van der Waals surface area contributed by atoms with E-state index < -0.39 is 5.60 Å². The molecule has 0 unspecified atom stereocenters. The molecule has 0 aromatic heterocycles. The Morgan fingerprint density at radius 1 is 1.32 bits per heavy atom. The molecule has 0 aliphatic carbocycles. The second kappa shape index (κ2) is 8.71. The molecule has 2 amide bonds. The number of amides is 2. The van der Waals surface area contributed by atoms with E-state index in [0.717, 1.165) is 5.06 Å². The third-order valence-electron chi connectivity index (χ3n) is 2.10. The van der Waals surface area contributed by atoms with Gasteiger partial charge in [-0.2, -0.15) is 0 Å². The van der Waals surface area contributed by atoms with Crippen LogP contribution in [-0.2, 0) is 19.1 Å². The number of ether oxygens (including phenoxy) is 2. The van der Waals surface area contributed by atoms with Crippen molar-refractivity contribution in [1.29, 1.82) is 0 Å². The molecular formula is C12H24N2O5. The molecule has 1 heterocycles. The van der Waals surface area contributed by atoms with Gasteiger partial charge in [0.25, 0.3) is 0 Å². The first-order valence-electron chi connectivity index (χ1n) is 6.08. The lowest BCUT2D eigenvalue weighted by Gasteiger charge is -2.29. The summed E-state index contributed by atoms with van der Waals surface area (Å²) in [5, 5.41) is 1.07. The number of morpholine rings is 1. The zero-order valence-electron chi connectivity index (χ0n) is 12.3. The van der Waals surface area contributed by atoms with Gasteiger partial charge in [-0.15, -0.1) is 0 Å². The summed E-state index contributed by atoms with van der Waals surface area (Å²) in [5.41, 5.74) is -0.407. The average molecular weight is 276 g/mol. The summed E-state index contributed by atoms with van der Waals surface area (Å²) in [7, 11) is 2.95. The molecule has 112 valence electrons. The lowest BCUT2D eigenvalue weighted by Crippen LogP contribution is -2.43. The van der Waals surface area contributed by atoms with Gasteiger partial charge < -0.3 is 14.4 Å². The molecule has 0 atom stereocenters. The Bertz CT molecular complexity index is 272. The summed E-state index contributed by atoms with van der Waals surface area (Å²) in [4.78, 5) is 27.0. The molecule has 1 aliphatic heterocycles. The van der Waals surface area contributed by atoms with Crippen molar-refractivity contribution < 1.29 is 23.9 Å². The molecule has 0 bridgehead atoms. The van der Waals surface area contributed by atoms with Gasteiger partial charge in [-0.25, -0.2) is 9.86 Å². The lowest BCUT2D eigenvalue weighted by molar-refractivity contribution is -0.153. The zero-order valence-corrected chi connectivity index (χ0v) is 12.3. The van der Waals surface area contributed by atoms with Crippen molar-refractivity contribution in [2.45, 2.75) is 26.4 Å². The molecule has 1 aliphatic rings. The van der Waals surface area contributed by atoms with Crippen LogP contribution in [-0.4, -0.2) is 68.5 Å². The van der Waals surface area contributed by atoms with Gasteiger partial charge in [-0.3, -0.25) is 9.63 Å². The lowest BCUT2D eigenvalue weighted by atomic mass is 10.2. The van der Waals surface area contributed by atoms with Gasteiger partial charge in [0.2, 0.25) is 6.41 Å². The van der Waals surface area contributed by atoms with Crippen molar-refractivity contribution in [2.75, 3.05) is 40.5 Å². The van der Waals surface area contributed by atoms with Crippen LogP contribution in [0.3, 0.4) is 0 Å². The van der Waals surface area contributed by atoms with E-state index in [4.69, 9.17) is 9.47 Å². The number of carbonyl (C=O) groups excluding carboxylic acids is 2. The third-order valence-corrected chi connectivity index (χ3v) is 2.10. The Balaban J connectivity index is 0.000000459. The van der Waals surface area contributed by atoms with E-state index >= 15 is 0 Å². The molecular weight excluding hydrogens is 252 g/mol. The maximum Gasteiger partial charge on any atom is 0.410 e. The molecule has 0 saturated carbocycles. The second-order valence-electron chi connectivity index (χ2n) is 4.91. The summed E-state index contributed by atoms with van der Waals surface area (Å²) < 4.78 is 10.3. The normalized spacial score (nSPS) is 15.1. The minimum Gasteiger partial charge on any atom is -0.444 e. The van der Waals surface area contributed by atoms with Crippen LogP contribution in [0, 0.1) is 0 Å². The van der Waals surface area contributed by atoms with E-state index in [-0.39, 0.29) is 6.09 Å². The van der Waals surface area contributed by atoms with Crippen LogP contribution >= 0.6 is 0 Å². The zero-order chi connectivity index (χ0) is 14.9. The largest absolute Gasteiger partial charge is 0.444 e. The molecule has 1 rings (SSSR count). The number of rotatable bonds is 2. The topological polar surface area (TPSA) is 68.3 Å². The summed E-state index contributed by atoms with van der Waals surface area (Å²) in [6.45, 7) is 8.09. The molecule has 0 aromatic rings. The average Bonchev–Trinajstić information content (AvgIpc) is 2.37. The fourth-order valence-electron chi connectivity index (χ4n) is 1.12. The monoisotopic (exact) mass is 276 g/mol. The summed E-state index contributed by atoms with van der Waals surface area (Å²) in [6.07, 6.45) is 0.343. The molecule has 0 spiro atoms. The minimum atomic E-state index is -0.407. The molecule has 0 N–H and O–H groups in total. The predicted octanol–water partition coefficient (Wildman–Crippen LogP) is 0.890. The maximum absolute atomic E-state index is 11.5. The Morgan fingerprint density at radius 2 is 1.84 bits per heavy atom. The first-order chi connectivity index (χ1) is 8.80. The van der Waals surface area contributed by atoms with Crippen molar-refractivity contribution in [3.8, 4) is 0 Å². The van der Waals surface area contributed by atoms with Crippen LogP contribution in [0.4, 0.5) is 4.79 Å². The van der Waals surface area contributed by atoms with Crippen molar-refractivity contribution in [2.24, 2.45) is 0 Å². The van der Waals surface area contributed by atoms with Gasteiger partial charge in [0.05, 0.1) is 20.3 Å². The quantitative estimate of drug-likeness (QED) is 0.553. The Kier molecular flexibility index (Phi) is 8.09. The number of hydrogen-bond acceptors (Lipinski definition) is 5. The number of nitrogens with zero attached hydrogens (tertiary/aromatic N) is 2. The molecule has 1 fully saturated rings. The summed E-state index contributed by atoms with van der Waals surface area (Å²) >= 11 is 0. The minimum absolute atomic E-state index is 0.240. The van der Waals surface area contributed by atoms with Crippen LogP contribution in [0.5, 0.6) is 0 Å². The fourth-order valence-corrected chi connectivity index (χ4v) is 1.12. The highest BCUT2D eigenvalue weighted by molar-refractivity contribution is 5.68. The first-order valence-corrected chi connectivity index (χ1v) is 6.08. The van der Waals surface area contributed by atoms with Crippen LogP contribution in [0.2, 0.25) is 0 Å². The van der Waals surface area contributed by atoms with E-state index in [0.29, 0.717) is 32.7 Å². The van der Waals surface area contributed by atoms with Crippen LogP contribution in [0.1, 0.15) is 20.8 Å². The van der Waals surface area contributed by atoms with Gasteiger partial charge in [0.15, 0.2) is 0 Å². The van der Waals surface area contributed by atoms with Crippen molar-refractivity contribution in [1.82, 2.24) is 9.96 Å². The molecule has 7 nitrogen and oxygen atoms in total. The predicted molar refractivity (Wildman–Crippen MR) is 69.5 cm³/mol. The van der Waals surface area contributed by atoms with Gasteiger partial charge in [-0.1, -0.05) is 0 Å². The molecule has 19 heavy (non-hydrogen) atoms. The van der Waals surface area contributed by atoms with Gasteiger partial charge in [0, 0.05) is 20.1 Å². The van der Waals surface area contributed by atoms with Crippen molar-refractivity contribution in [3.63, 3.8) is 0 Å². The Labute approximate surface area is 114 Å². The van der Waals surface area contributed by atoms with Crippen LogP contribution in [0.25, 0.3) is 0 Å². The number of hydroxylamine groups is 2. The SMILES string of the molecule is CC(C)(C)OC(=O)N1CCOCC1.CON(C)C=O. The van der Waals surface area contributed by atoms with Gasteiger partial charge in [0.1, 0.15) is 5.60 Å². The highest BCUT2D eigenvalue weighted by atomic mass is 16.7. The number of carbonyl (C=O) groups is 2. The fraction of sp³-hybridized carbons (Fsp3) is 0.833. The Morgan fingerprint density at radius 3 is 2.16 bits per heavy atom. The molecule has 0 aromatic carbocycles. The van der Waals surface area contributed by atoms with Crippen LogP contribution in [0.15, 0.2) is 0 Å².